The van der Waals surface area contributed by atoms with Crippen molar-refractivity contribution in [3.05, 3.63) is 17.5 Å². The maximum Gasteiger partial charge on any atom is 0.243 e. The van der Waals surface area contributed by atoms with E-state index in [-0.39, 0.29) is 0 Å². The summed E-state index contributed by atoms with van der Waals surface area (Å²) in [7, 11) is 0. The normalized spacial score (nSPS) is 22.7. The lowest BCUT2D eigenvalue weighted by molar-refractivity contribution is -0.0287. The maximum absolute atomic E-state index is 12.2. The average molecular weight is 228 g/mol. The van der Waals surface area contributed by atoms with Crippen LogP contribution in [0.25, 0.3) is 0 Å². The molecule has 1 aromatic heterocycles. The molecule has 88 valence electrons. The molecule has 2 heterocycles. The summed E-state index contributed by atoms with van der Waals surface area (Å²) in [6, 6.07) is 1.97. The average Bonchev–Trinajstić information content (AvgIpc) is 2.92. The highest BCUT2D eigenvalue weighted by Crippen LogP contribution is 2.40. The van der Waals surface area contributed by atoms with E-state index in [2.05, 4.69) is 5.16 Å². The van der Waals surface area contributed by atoms with E-state index in [1.807, 2.05) is 11.0 Å². The third kappa shape index (κ3) is 1.96. The second-order valence-electron chi connectivity index (χ2n) is 4.78. The Bertz CT molecular complexity index is 370. The standard InChI is InChI=1S/C11H14F2N2O/c12-11(13)8-4-15(5-8)6-9-3-10(16-14-9)7-1-2-7/h3,7-8,11H,1-2,4-6H2. The van der Waals surface area contributed by atoms with Gasteiger partial charge in [0.1, 0.15) is 5.76 Å². The molecule has 0 aromatic carbocycles. The highest BCUT2D eigenvalue weighted by molar-refractivity contribution is 5.14. The van der Waals surface area contributed by atoms with Gasteiger partial charge in [0.05, 0.1) is 5.69 Å². The Labute approximate surface area is 92.4 Å². The Balaban J connectivity index is 1.51. The topological polar surface area (TPSA) is 29.3 Å². The Kier molecular flexibility index (Phi) is 2.42. The van der Waals surface area contributed by atoms with Crippen LogP contribution in [0.1, 0.15) is 30.2 Å². The smallest absolute Gasteiger partial charge is 0.243 e. The van der Waals surface area contributed by atoms with E-state index in [9.17, 15) is 8.78 Å². The first-order chi connectivity index (χ1) is 7.72. The van der Waals surface area contributed by atoms with Crippen LogP contribution in [0.2, 0.25) is 0 Å². The number of hydrogen-bond acceptors (Lipinski definition) is 3. The van der Waals surface area contributed by atoms with Crippen LogP contribution in [0, 0.1) is 5.92 Å². The second kappa shape index (κ2) is 3.80. The molecule has 1 aromatic rings. The predicted octanol–water partition coefficient (Wildman–Crippen LogP) is 2.25. The van der Waals surface area contributed by atoms with Crippen molar-refractivity contribution in [1.82, 2.24) is 10.1 Å². The summed E-state index contributed by atoms with van der Waals surface area (Å²) in [5.41, 5.74) is 0.870. The molecule has 0 amide bonds. The fourth-order valence-corrected chi connectivity index (χ4v) is 2.09. The van der Waals surface area contributed by atoms with Crippen molar-refractivity contribution in [2.45, 2.75) is 31.7 Å². The maximum atomic E-state index is 12.2. The molecule has 1 saturated carbocycles. The third-order valence-electron chi connectivity index (χ3n) is 3.28. The van der Waals surface area contributed by atoms with Crippen molar-refractivity contribution in [2.75, 3.05) is 13.1 Å². The summed E-state index contributed by atoms with van der Waals surface area (Å²) in [5.74, 6) is 1.07. The summed E-state index contributed by atoms with van der Waals surface area (Å²) in [6.07, 6.45) is 0.188. The first kappa shape index (κ1) is 10.2. The molecule has 1 saturated heterocycles. The van der Waals surface area contributed by atoms with Crippen LogP contribution in [0.15, 0.2) is 10.6 Å². The van der Waals surface area contributed by atoms with Gasteiger partial charge >= 0.3 is 0 Å². The van der Waals surface area contributed by atoms with Crippen LogP contribution in [0.4, 0.5) is 8.78 Å². The number of likely N-dealkylation sites (tertiary alicyclic amines) is 1. The molecule has 2 aliphatic rings. The van der Waals surface area contributed by atoms with Crippen molar-refractivity contribution in [3.63, 3.8) is 0 Å². The van der Waals surface area contributed by atoms with Gasteiger partial charge in [-0.05, 0) is 12.8 Å². The first-order valence-electron chi connectivity index (χ1n) is 5.68. The van der Waals surface area contributed by atoms with Crippen LogP contribution in [-0.4, -0.2) is 29.6 Å². The van der Waals surface area contributed by atoms with Gasteiger partial charge in [-0.15, -0.1) is 0 Å². The fraction of sp³-hybridized carbons (Fsp3) is 0.727. The molecular weight excluding hydrogens is 214 g/mol. The van der Waals surface area contributed by atoms with Crippen LogP contribution >= 0.6 is 0 Å². The molecule has 2 fully saturated rings. The number of nitrogens with zero attached hydrogens (tertiary/aromatic N) is 2. The van der Waals surface area contributed by atoms with Crippen molar-refractivity contribution >= 4 is 0 Å². The number of aromatic nitrogens is 1. The minimum Gasteiger partial charge on any atom is -0.361 e. The molecule has 5 heteroatoms. The molecule has 1 aliphatic carbocycles. The first-order valence-corrected chi connectivity index (χ1v) is 5.68. The Morgan fingerprint density at radius 2 is 2.19 bits per heavy atom. The largest absolute Gasteiger partial charge is 0.361 e. The van der Waals surface area contributed by atoms with E-state index in [1.54, 1.807) is 0 Å². The summed E-state index contributed by atoms with van der Waals surface area (Å²) in [5, 5.41) is 3.96. The Morgan fingerprint density at radius 3 is 2.81 bits per heavy atom. The monoisotopic (exact) mass is 228 g/mol. The van der Waals surface area contributed by atoms with Crippen LogP contribution in [0.3, 0.4) is 0 Å². The molecule has 3 nitrogen and oxygen atoms in total. The van der Waals surface area contributed by atoms with Crippen molar-refractivity contribution in [3.8, 4) is 0 Å². The second-order valence-corrected chi connectivity index (χ2v) is 4.78. The zero-order valence-corrected chi connectivity index (χ0v) is 8.90. The number of rotatable bonds is 4. The predicted molar refractivity (Wildman–Crippen MR) is 53.2 cm³/mol. The number of halogens is 2. The van der Waals surface area contributed by atoms with Gasteiger partial charge in [0.25, 0.3) is 0 Å². The van der Waals surface area contributed by atoms with Gasteiger partial charge in [0, 0.05) is 37.5 Å². The zero-order valence-electron chi connectivity index (χ0n) is 8.90. The quantitative estimate of drug-likeness (QED) is 0.791. The summed E-state index contributed by atoms with van der Waals surface area (Å²) in [4.78, 5) is 1.98. The van der Waals surface area contributed by atoms with Crippen molar-refractivity contribution in [2.24, 2.45) is 5.92 Å². The van der Waals surface area contributed by atoms with E-state index in [4.69, 9.17) is 4.52 Å². The van der Waals surface area contributed by atoms with Crippen LogP contribution in [-0.2, 0) is 6.54 Å². The lowest BCUT2D eigenvalue weighted by Crippen LogP contribution is -2.49. The van der Waals surface area contributed by atoms with E-state index in [0.29, 0.717) is 25.6 Å². The number of hydrogen-bond donors (Lipinski definition) is 0. The summed E-state index contributed by atoms with van der Waals surface area (Å²) in [6.45, 7) is 1.59. The Hall–Kier alpha value is -0.970. The SMILES string of the molecule is FC(F)C1CN(Cc2cc(C3CC3)on2)C1. The highest BCUT2D eigenvalue weighted by atomic mass is 19.3. The highest BCUT2D eigenvalue weighted by Gasteiger charge is 2.34. The van der Waals surface area contributed by atoms with E-state index in [1.165, 1.54) is 12.8 Å². The van der Waals surface area contributed by atoms with E-state index < -0.39 is 12.3 Å². The minimum absolute atomic E-state index is 0.449. The fourth-order valence-electron chi connectivity index (χ4n) is 2.09. The molecule has 0 unspecified atom stereocenters. The van der Waals surface area contributed by atoms with Gasteiger partial charge in [-0.1, -0.05) is 5.16 Å². The van der Waals surface area contributed by atoms with Gasteiger partial charge in [0.15, 0.2) is 0 Å². The zero-order chi connectivity index (χ0) is 11.1. The molecule has 0 spiro atoms. The third-order valence-corrected chi connectivity index (χ3v) is 3.28. The van der Waals surface area contributed by atoms with Gasteiger partial charge in [-0.3, -0.25) is 4.90 Å². The minimum atomic E-state index is -2.18. The molecule has 0 bridgehead atoms. The lowest BCUT2D eigenvalue weighted by atomic mass is 10.0. The summed E-state index contributed by atoms with van der Waals surface area (Å²) >= 11 is 0. The lowest BCUT2D eigenvalue weighted by Gasteiger charge is -2.37. The molecule has 0 radical (unpaired) electrons. The Morgan fingerprint density at radius 1 is 1.44 bits per heavy atom. The van der Waals surface area contributed by atoms with Crippen molar-refractivity contribution in [1.29, 1.82) is 0 Å². The van der Waals surface area contributed by atoms with Gasteiger partial charge in [-0.2, -0.15) is 0 Å². The molecule has 16 heavy (non-hydrogen) atoms. The van der Waals surface area contributed by atoms with E-state index >= 15 is 0 Å². The molecule has 1 aliphatic heterocycles. The van der Waals surface area contributed by atoms with Gasteiger partial charge in [0.2, 0.25) is 6.43 Å². The van der Waals surface area contributed by atoms with Crippen molar-refractivity contribution < 1.29 is 13.3 Å². The summed E-state index contributed by atoms with van der Waals surface area (Å²) < 4.78 is 29.7. The molecular formula is C11H14F2N2O. The number of alkyl halides is 2. The molecule has 0 N–H and O–H groups in total. The van der Waals surface area contributed by atoms with Crippen LogP contribution < -0.4 is 0 Å². The molecule has 0 atom stereocenters. The molecule has 3 rings (SSSR count). The van der Waals surface area contributed by atoms with E-state index in [0.717, 1.165) is 11.5 Å². The van der Waals surface area contributed by atoms with Gasteiger partial charge in [-0.25, -0.2) is 8.78 Å². The van der Waals surface area contributed by atoms with Crippen LogP contribution in [0.5, 0.6) is 0 Å². The van der Waals surface area contributed by atoms with Gasteiger partial charge < -0.3 is 4.52 Å².